The second kappa shape index (κ2) is 5.87. The SMILES string of the molecule is N=C(N)c1ccc2c(c1)=NC(c1cccc(-c3ccccc3)c1O)N=2. The van der Waals surface area contributed by atoms with Gasteiger partial charge in [-0.15, -0.1) is 0 Å². The number of phenols is 1. The van der Waals surface area contributed by atoms with Crippen LogP contribution in [0.4, 0.5) is 0 Å². The molecule has 0 fully saturated rings. The highest BCUT2D eigenvalue weighted by molar-refractivity contribution is 5.94. The molecule has 1 unspecified atom stereocenters. The van der Waals surface area contributed by atoms with Crippen molar-refractivity contribution in [3.8, 4) is 16.9 Å². The summed E-state index contributed by atoms with van der Waals surface area (Å²) in [7, 11) is 0. The summed E-state index contributed by atoms with van der Waals surface area (Å²) < 4.78 is 0. The standard InChI is InChI=1S/C20H16N4O/c21-19(22)13-9-10-16-17(11-13)24-20(23-16)15-8-4-7-14(18(15)25)12-5-2-1-3-6-12/h1-11,20,25H,(H3,21,22). The molecule has 1 atom stereocenters. The van der Waals surface area contributed by atoms with Crippen molar-refractivity contribution in [1.29, 1.82) is 5.41 Å². The van der Waals surface area contributed by atoms with Gasteiger partial charge in [0, 0.05) is 16.7 Å². The average molecular weight is 328 g/mol. The summed E-state index contributed by atoms with van der Waals surface area (Å²) >= 11 is 0. The zero-order chi connectivity index (χ0) is 17.4. The van der Waals surface area contributed by atoms with Crippen LogP contribution in [0.1, 0.15) is 17.3 Å². The highest BCUT2D eigenvalue weighted by Crippen LogP contribution is 2.36. The van der Waals surface area contributed by atoms with Crippen molar-refractivity contribution in [3.05, 3.63) is 88.6 Å². The molecule has 122 valence electrons. The van der Waals surface area contributed by atoms with Crippen molar-refractivity contribution in [2.75, 3.05) is 0 Å². The highest BCUT2D eigenvalue weighted by atomic mass is 16.3. The molecule has 1 aliphatic rings. The summed E-state index contributed by atoms with van der Waals surface area (Å²) in [6.45, 7) is 0. The first kappa shape index (κ1) is 15.1. The van der Waals surface area contributed by atoms with Crippen molar-refractivity contribution >= 4 is 5.84 Å². The summed E-state index contributed by atoms with van der Waals surface area (Å²) in [6.07, 6.45) is -0.499. The summed E-state index contributed by atoms with van der Waals surface area (Å²) in [4.78, 5) is 9.16. The molecule has 3 aromatic rings. The van der Waals surface area contributed by atoms with E-state index in [0.717, 1.165) is 16.5 Å². The average Bonchev–Trinajstić information content (AvgIpc) is 3.05. The Bertz CT molecular complexity index is 1090. The van der Waals surface area contributed by atoms with E-state index < -0.39 is 6.17 Å². The monoisotopic (exact) mass is 328 g/mol. The first-order valence-electron chi connectivity index (χ1n) is 7.91. The van der Waals surface area contributed by atoms with Gasteiger partial charge < -0.3 is 10.8 Å². The molecule has 3 aromatic carbocycles. The van der Waals surface area contributed by atoms with E-state index in [1.807, 2.05) is 48.5 Å². The van der Waals surface area contributed by atoms with E-state index in [1.165, 1.54) is 0 Å². The quantitative estimate of drug-likeness (QED) is 0.508. The maximum Gasteiger partial charge on any atom is 0.170 e. The molecule has 1 aliphatic heterocycles. The topological polar surface area (TPSA) is 94.8 Å². The zero-order valence-corrected chi connectivity index (χ0v) is 13.3. The molecule has 1 heterocycles. The predicted molar refractivity (Wildman–Crippen MR) is 96.1 cm³/mol. The summed E-state index contributed by atoms with van der Waals surface area (Å²) in [5.74, 6) is 0.182. The number of hydrogen-bond donors (Lipinski definition) is 3. The Labute approximate surface area is 144 Å². The van der Waals surface area contributed by atoms with E-state index in [2.05, 4.69) is 9.98 Å². The summed E-state index contributed by atoms with van der Waals surface area (Å²) in [5.41, 5.74) is 8.49. The molecule has 0 spiro atoms. The Balaban J connectivity index is 1.80. The van der Waals surface area contributed by atoms with Gasteiger partial charge in [0.15, 0.2) is 6.17 Å². The third kappa shape index (κ3) is 2.65. The number of nitrogen functional groups attached to an aromatic ring is 1. The van der Waals surface area contributed by atoms with E-state index in [0.29, 0.717) is 16.5 Å². The van der Waals surface area contributed by atoms with Crippen LogP contribution in [0.5, 0.6) is 5.75 Å². The van der Waals surface area contributed by atoms with Crippen molar-refractivity contribution in [1.82, 2.24) is 0 Å². The van der Waals surface area contributed by atoms with Gasteiger partial charge >= 0.3 is 0 Å². The Morgan fingerprint density at radius 1 is 0.920 bits per heavy atom. The lowest BCUT2D eigenvalue weighted by Gasteiger charge is -2.11. The Kier molecular flexibility index (Phi) is 3.54. The normalized spacial score (nSPS) is 15.1. The van der Waals surface area contributed by atoms with Crippen molar-refractivity contribution in [2.24, 2.45) is 15.7 Å². The number of fused-ring (bicyclic) bond motifs is 1. The van der Waals surface area contributed by atoms with Crippen LogP contribution in [-0.2, 0) is 0 Å². The van der Waals surface area contributed by atoms with Gasteiger partial charge in [0.2, 0.25) is 0 Å². The van der Waals surface area contributed by atoms with E-state index >= 15 is 0 Å². The van der Waals surface area contributed by atoms with Gasteiger partial charge in [-0.25, -0.2) is 0 Å². The zero-order valence-electron chi connectivity index (χ0n) is 13.3. The van der Waals surface area contributed by atoms with E-state index in [9.17, 15) is 5.11 Å². The fourth-order valence-electron chi connectivity index (χ4n) is 2.96. The van der Waals surface area contributed by atoms with Crippen molar-refractivity contribution < 1.29 is 5.11 Å². The summed E-state index contributed by atoms with van der Waals surface area (Å²) in [6, 6.07) is 20.6. The fraction of sp³-hybridized carbons (Fsp3) is 0.0500. The molecule has 0 radical (unpaired) electrons. The number of hydrogen-bond acceptors (Lipinski definition) is 4. The largest absolute Gasteiger partial charge is 0.507 e. The minimum absolute atomic E-state index is 0.00429. The van der Waals surface area contributed by atoms with Gasteiger partial charge in [-0.1, -0.05) is 48.5 Å². The van der Waals surface area contributed by atoms with Gasteiger partial charge in [-0.2, -0.15) is 0 Å². The van der Waals surface area contributed by atoms with E-state index in [-0.39, 0.29) is 11.6 Å². The Morgan fingerprint density at radius 2 is 1.68 bits per heavy atom. The highest BCUT2D eigenvalue weighted by Gasteiger charge is 2.19. The van der Waals surface area contributed by atoms with Gasteiger partial charge in [0.25, 0.3) is 0 Å². The second-order valence-electron chi connectivity index (χ2n) is 5.86. The van der Waals surface area contributed by atoms with Crippen LogP contribution >= 0.6 is 0 Å². The maximum atomic E-state index is 10.8. The van der Waals surface area contributed by atoms with Crippen molar-refractivity contribution in [3.63, 3.8) is 0 Å². The molecule has 0 aromatic heterocycles. The molecule has 0 bridgehead atoms. The minimum Gasteiger partial charge on any atom is -0.507 e. The first-order valence-corrected chi connectivity index (χ1v) is 7.91. The molecule has 0 saturated heterocycles. The molecule has 0 saturated carbocycles. The number of rotatable bonds is 3. The lowest BCUT2D eigenvalue weighted by Crippen LogP contribution is -2.24. The van der Waals surface area contributed by atoms with E-state index in [4.69, 9.17) is 11.1 Å². The number of aromatic hydroxyl groups is 1. The molecule has 25 heavy (non-hydrogen) atoms. The minimum atomic E-state index is -0.499. The number of nitrogens with zero attached hydrogens (tertiary/aromatic N) is 2. The van der Waals surface area contributed by atoms with Gasteiger partial charge in [-0.3, -0.25) is 15.4 Å². The maximum absolute atomic E-state index is 10.8. The van der Waals surface area contributed by atoms with Crippen molar-refractivity contribution in [2.45, 2.75) is 6.17 Å². The molecule has 0 amide bonds. The fourth-order valence-corrected chi connectivity index (χ4v) is 2.96. The number of amidine groups is 1. The van der Waals surface area contributed by atoms with E-state index in [1.54, 1.807) is 18.2 Å². The smallest absolute Gasteiger partial charge is 0.170 e. The van der Waals surface area contributed by atoms with Gasteiger partial charge in [0.05, 0.1) is 10.7 Å². The summed E-state index contributed by atoms with van der Waals surface area (Å²) in [5, 5.41) is 19.7. The van der Waals surface area contributed by atoms with Crippen LogP contribution in [0.25, 0.3) is 11.1 Å². The predicted octanol–water partition coefficient (Wildman–Crippen LogP) is 2.29. The lowest BCUT2D eigenvalue weighted by molar-refractivity contribution is 0.464. The molecule has 4 N–H and O–H groups in total. The van der Waals surface area contributed by atoms with Crippen LogP contribution in [0.15, 0.2) is 76.7 Å². The number of para-hydroxylation sites is 1. The third-order valence-electron chi connectivity index (χ3n) is 4.24. The second-order valence-corrected chi connectivity index (χ2v) is 5.86. The Morgan fingerprint density at radius 3 is 2.44 bits per heavy atom. The number of nitrogens with one attached hydrogen (secondary N) is 1. The molecular weight excluding hydrogens is 312 g/mol. The number of nitrogens with two attached hydrogens (primary N) is 1. The van der Waals surface area contributed by atoms with Crippen LogP contribution in [0, 0.1) is 5.41 Å². The molecule has 0 aliphatic carbocycles. The molecule has 5 heteroatoms. The third-order valence-corrected chi connectivity index (χ3v) is 4.24. The number of benzene rings is 3. The van der Waals surface area contributed by atoms with Crippen LogP contribution in [-0.4, -0.2) is 10.9 Å². The molecule has 5 nitrogen and oxygen atoms in total. The molecular formula is C20H16N4O. The Hall–Kier alpha value is -3.47. The lowest BCUT2D eigenvalue weighted by atomic mass is 10.0. The first-order chi connectivity index (χ1) is 12.1. The van der Waals surface area contributed by atoms with Gasteiger partial charge in [-0.05, 0) is 23.8 Å². The number of phenolic OH excluding ortho intramolecular Hbond substituents is 1. The molecule has 4 rings (SSSR count). The van der Waals surface area contributed by atoms with Crippen LogP contribution in [0.3, 0.4) is 0 Å². The van der Waals surface area contributed by atoms with Crippen LogP contribution < -0.4 is 16.4 Å². The van der Waals surface area contributed by atoms with Gasteiger partial charge in [0.1, 0.15) is 11.6 Å². The van der Waals surface area contributed by atoms with Crippen LogP contribution in [0.2, 0.25) is 0 Å².